The first kappa shape index (κ1) is 12.5. The van der Waals surface area contributed by atoms with Crippen LogP contribution < -0.4 is 5.32 Å². The molecule has 0 saturated heterocycles. The van der Waals surface area contributed by atoms with Crippen molar-refractivity contribution >= 4 is 6.09 Å². The number of aliphatic hydroxyl groups is 1. The Morgan fingerprint density at radius 3 is 3.12 bits per heavy atom. The van der Waals surface area contributed by atoms with Gasteiger partial charge in [-0.15, -0.1) is 0 Å². The van der Waals surface area contributed by atoms with Gasteiger partial charge in [-0.25, -0.2) is 4.79 Å². The number of hydrogen-bond donors (Lipinski definition) is 3. The Balaban J connectivity index is 2.08. The molecule has 0 aliphatic rings. The summed E-state index contributed by atoms with van der Waals surface area (Å²) in [5.74, 6) is 0. The summed E-state index contributed by atoms with van der Waals surface area (Å²) in [7, 11) is 0. The van der Waals surface area contributed by atoms with Crippen molar-refractivity contribution in [3.8, 4) is 0 Å². The van der Waals surface area contributed by atoms with Gasteiger partial charge >= 0.3 is 6.09 Å². The molecule has 1 aromatic rings. The predicted octanol–water partition coefficient (Wildman–Crippen LogP) is 0.369. The standard InChI is InChI=1S/C10H17N3O3/c1-8-9(7-12-13-8)3-2-4-11-10(15)16-6-5-14/h7,14H,2-6H2,1H3,(H,11,15)(H,12,13). The molecular formula is C10H17N3O3. The van der Waals surface area contributed by atoms with Crippen molar-refractivity contribution in [3.05, 3.63) is 17.5 Å². The van der Waals surface area contributed by atoms with Crippen LogP contribution in [0.4, 0.5) is 4.79 Å². The van der Waals surface area contributed by atoms with E-state index in [1.807, 2.05) is 6.92 Å². The summed E-state index contributed by atoms with van der Waals surface area (Å²) in [6, 6.07) is 0. The van der Waals surface area contributed by atoms with Gasteiger partial charge in [0.1, 0.15) is 6.61 Å². The molecule has 0 aliphatic carbocycles. The van der Waals surface area contributed by atoms with E-state index >= 15 is 0 Å². The van der Waals surface area contributed by atoms with Gasteiger partial charge in [0.05, 0.1) is 12.8 Å². The number of aryl methyl sites for hydroxylation is 2. The average molecular weight is 227 g/mol. The smallest absolute Gasteiger partial charge is 0.407 e. The van der Waals surface area contributed by atoms with E-state index in [2.05, 4.69) is 20.3 Å². The molecular weight excluding hydrogens is 210 g/mol. The third kappa shape index (κ3) is 4.31. The van der Waals surface area contributed by atoms with Gasteiger partial charge in [0, 0.05) is 12.2 Å². The summed E-state index contributed by atoms with van der Waals surface area (Å²) >= 11 is 0. The highest BCUT2D eigenvalue weighted by Gasteiger charge is 2.02. The number of aromatic amines is 1. The average Bonchev–Trinajstić information content (AvgIpc) is 2.67. The molecule has 0 saturated carbocycles. The van der Waals surface area contributed by atoms with Crippen molar-refractivity contribution in [3.63, 3.8) is 0 Å². The zero-order valence-electron chi connectivity index (χ0n) is 9.32. The van der Waals surface area contributed by atoms with Crippen LogP contribution in [0.25, 0.3) is 0 Å². The number of hydrogen-bond acceptors (Lipinski definition) is 4. The number of carbonyl (C=O) groups is 1. The molecule has 6 heteroatoms. The van der Waals surface area contributed by atoms with Gasteiger partial charge < -0.3 is 15.2 Å². The predicted molar refractivity (Wildman–Crippen MR) is 58.1 cm³/mol. The van der Waals surface area contributed by atoms with Crippen LogP contribution >= 0.6 is 0 Å². The van der Waals surface area contributed by atoms with Gasteiger partial charge in [0.2, 0.25) is 0 Å². The number of alkyl carbamates (subject to hydrolysis) is 1. The van der Waals surface area contributed by atoms with Gasteiger partial charge in [0.25, 0.3) is 0 Å². The summed E-state index contributed by atoms with van der Waals surface area (Å²) < 4.78 is 4.63. The van der Waals surface area contributed by atoms with E-state index in [1.165, 1.54) is 0 Å². The molecule has 16 heavy (non-hydrogen) atoms. The molecule has 6 nitrogen and oxygen atoms in total. The molecule has 1 rings (SSSR count). The number of aliphatic hydroxyl groups excluding tert-OH is 1. The fourth-order valence-electron chi connectivity index (χ4n) is 1.29. The molecule has 0 radical (unpaired) electrons. The third-order valence-electron chi connectivity index (χ3n) is 2.15. The molecule has 0 aromatic carbocycles. The van der Waals surface area contributed by atoms with Gasteiger partial charge in [-0.05, 0) is 25.3 Å². The molecule has 0 aliphatic heterocycles. The van der Waals surface area contributed by atoms with Crippen molar-refractivity contribution < 1.29 is 14.6 Å². The Bertz CT molecular complexity index is 325. The van der Waals surface area contributed by atoms with Crippen molar-refractivity contribution in [2.24, 2.45) is 0 Å². The lowest BCUT2D eigenvalue weighted by molar-refractivity contribution is 0.119. The molecule has 0 spiro atoms. The maximum atomic E-state index is 11.0. The summed E-state index contributed by atoms with van der Waals surface area (Å²) in [4.78, 5) is 11.0. The zero-order valence-corrected chi connectivity index (χ0v) is 9.32. The number of H-pyrrole nitrogens is 1. The molecule has 0 atom stereocenters. The first-order valence-electron chi connectivity index (χ1n) is 5.24. The van der Waals surface area contributed by atoms with Crippen LogP contribution in [0, 0.1) is 6.92 Å². The fourth-order valence-corrected chi connectivity index (χ4v) is 1.29. The lowest BCUT2D eigenvalue weighted by Gasteiger charge is -2.05. The van der Waals surface area contributed by atoms with Gasteiger partial charge in [-0.2, -0.15) is 5.10 Å². The normalized spacial score (nSPS) is 10.1. The van der Waals surface area contributed by atoms with E-state index in [0.717, 1.165) is 24.1 Å². The molecule has 1 aromatic heterocycles. The second-order valence-electron chi connectivity index (χ2n) is 3.41. The van der Waals surface area contributed by atoms with Gasteiger partial charge in [0.15, 0.2) is 0 Å². The summed E-state index contributed by atoms with van der Waals surface area (Å²) in [6.07, 6.45) is 2.99. The van der Waals surface area contributed by atoms with Crippen molar-refractivity contribution in [2.75, 3.05) is 19.8 Å². The van der Waals surface area contributed by atoms with Crippen LogP contribution in [-0.4, -0.2) is 41.2 Å². The number of nitrogens with zero attached hydrogens (tertiary/aromatic N) is 1. The minimum Gasteiger partial charge on any atom is -0.447 e. The number of carbonyl (C=O) groups excluding carboxylic acids is 1. The van der Waals surface area contributed by atoms with Crippen LogP contribution in [-0.2, 0) is 11.2 Å². The van der Waals surface area contributed by atoms with Gasteiger partial charge in [-0.1, -0.05) is 0 Å². The van der Waals surface area contributed by atoms with Gasteiger partial charge in [-0.3, -0.25) is 5.10 Å². The van der Waals surface area contributed by atoms with Crippen molar-refractivity contribution in [1.82, 2.24) is 15.5 Å². The highest BCUT2D eigenvalue weighted by atomic mass is 16.6. The van der Waals surface area contributed by atoms with E-state index < -0.39 is 6.09 Å². The summed E-state index contributed by atoms with van der Waals surface area (Å²) in [6.45, 7) is 2.40. The highest BCUT2D eigenvalue weighted by molar-refractivity contribution is 5.66. The van der Waals surface area contributed by atoms with Crippen LogP contribution in [0.15, 0.2) is 6.20 Å². The van der Waals surface area contributed by atoms with Crippen LogP contribution in [0.2, 0.25) is 0 Å². The SMILES string of the molecule is Cc1[nH]ncc1CCCNC(=O)OCCO. The summed E-state index contributed by atoms with van der Waals surface area (Å²) in [5, 5.41) is 17.8. The minimum atomic E-state index is -0.488. The second kappa shape index (κ2) is 6.84. The Hall–Kier alpha value is -1.56. The summed E-state index contributed by atoms with van der Waals surface area (Å²) in [5.41, 5.74) is 2.22. The number of amides is 1. The van der Waals surface area contributed by atoms with Crippen LogP contribution in [0.3, 0.4) is 0 Å². The number of rotatable bonds is 6. The molecule has 0 fully saturated rings. The lowest BCUT2D eigenvalue weighted by atomic mass is 10.1. The van der Waals surface area contributed by atoms with E-state index in [1.54, 1.807) is 6.20 Å². The molecule has 90 valence electrons. The Morgan fingerprint density at radius 1 is 1.69 bits per heavy atom. The first-order chi connectivity index (χ1) is 7.74. The van der Waals surface area contributed by atoms with E-state index in [0.29, 0.717) is 6.54 Å². The maximum Gasteiger partial charge on any atom is 0.407 e. The topological polar surface area (TPSA) is 87.2 Å². The third-order valence-corrected chi connectivity index (χ3v) is 2.15. The Labute approximate surface area is 94.0 Å². The Morgan fingerprint density at radius 2 is 2.50 bits per heavy atom. The lowest BCUT2D eigenvalue weighted by Crippen LogP contribution is -2.26. The minimum absolute atomic E-state index is 0.0344. The first-order valence-corrected chi connectivity index (χ1v) is 5.24. The zero-order chi connectivity index (χ0) is 11.8. The molecule has 0 unspecified atom stereocenters. The second-order valence-corrected chi connectivity index (χ2v) is 3.41. The quantitative estimate of drug-likeness (QED) is 0.613. The largest absolute Gasteiger partial charge is 0.447 e. The van der Waals surface area contributed by atoms with E-state index in [9.17, 15) is 4.79 Å². The molecule has 3 N–H and O–H groups in total. The monoisotopic (exact) mass is 227 g/mol. The van der Waals surface area contributed by atoms with Crippen LogP contribution in [0.1, 0.15) is 17.7 Å². The van der Waals surface area contributed by atoms with Crippen molar-refractivity contribution in [1.29, 1.82) is 0 Å². The number of ether oxygens (including phenoxy) is 1. The molecule has 0 bridgehead atoms. The van der Waals surface area contributed by atoms with E-state index in [-0.39, 0.29) is 13.2 Å². The highest BCUT2D eigenvalue weighted by Crippen LogP contribution is 2.04. The number of aromatic nitrogens is 2. The molecule has 1 heterocycles. The molecule has 1 amide bonds. The fraction of sp³-hybridized carbons (Fsp3) is 0.600. The van der Waals surface area contributed by atoms with E-state index in [4.69, 9.17) is 5.11 Å². The van der Waals surface area contributed by atoms with Crippen molar-refractivity contribution in [2.45, 2.75) is 19.8 Å². The van der Waals surface area contributed by atoms with Crippen LogP contribution in [0.5, 0.6) is 0 Å². The Kier molecular flexibility index (Phi) is 5.35. The maximum absolute atomic E-state index is 11.0. The number of nitrogens with one attached hydrogen (secondary N) is 2.